The van der Waals surface area contributed by atoms with Crippen LogP contribution in [0.25, 0.3) is 10.9 Å². The first-order valence-corrected chi connectivity index (χ1v) is 4.77. The van der Waals surface area contributed by atoms with Gasteiger partial charge < -0.3 is 5.43 Å². The van der Waals surface area contributed by atoms with Crippen LogP contribution < -0.4 is 11.3 Å². The van der Waals surface area contributed by atoms with E-state index < -0.39 is 45.9 Å². The van der Waals surface area contributed by atoms with Gasteiger partial charge in [0.1, 0.15) is 11.2 Å². The Bertz CT molecular complexity index is 652. The highest BCUT2D eigenvalue weighted by molar-refractivity contribution is 5.92. The SMILES string of the molecule is NNc1cc(C(F)(F)F)nc2c(F)cc(F)c(F)c12. The number of alkyl halides is 3. The molecule has 9 heteroatoms. The number of anilines is 1. The summed E-state index contributed by atoms with van der Waals surface area (Å²) >= 11 is 0. The van der Waals surface area contributed by atoms with Crippen molar-refractivity contribution in [3.8, 4) is 0 Å². The Balaban J connectivity index is 2.93. The van der Waals surface area contributed by atoms with Crippen molar-refractivity contribution in [2.24, 2.45) is 5.84 Å². The molecule has 2 aromatic rings. The van der Waals surface area contributed by atoms with Gasteiger partial charge in [0.25, 0.3) is 0 Å². The number of nitrogens with zero attached hydrogens (tertiary/aromatic N) is 1. The minimum Gasteiger partial charge on any atom is -0.323 e. The molecule has 0 aliphatic rings. The second-order valence-corrected chi connectivity index (χ2v) is 3.57. The van der Waals surface area contributed by atoms with Gasteiger partial charge >= 0.3 is 6.18 Å². The van der Waals surface area contributed by atoms with Crippen molar-refractivity contribution in [2.45, 2.75) is 6.18 Å². The Morgan fingerprint density at radius 2 is 1.68 bits per heavy atom. The summed E-state index contributed by atoms with van der Waals surface area (Å²) in [4.78, 5) is 2.95. The molecule has 0 saturated heterocycles. The van der Waals surface area contributed by atoms with Gasteiger partial charge in [-0.15, -0.1) is 0 Å². The predicted octanol–water partition coefficient (Wildman–Crippen LogP) is 2.96. The summed E-state index contributed by atoms with van der Waals surface area (Å²) in [6, 6.07) is 0.482. The first-order valence-electron chi connectivity index (χ1n) is 4.77. The lowest BCUT2D eigenvalue weighted by Crippen LogP contribution is -2.14. The van der Waals surface area contributed by atoms with Crippen molar-refractivity contribution in [3.63, 3.8) is 0 Å². The van der Waals surface area contributed by atoms with E-state index in [2.05, 4.69) is 4.98 Å². The van der Waals surface area contributed by atoms with Gasteiger partial charge in [-0.2, -0.15) is 13.2 Å². The Morgan fingerprint density at radius 1 is 1.05 bits per heavy atom. The maximum Gasteiger partial charge on any atom is 0.433 e. The number of benzene rings is 1. The molecule has 0 atom stereocenters. The first-order chi connectivity index (χ1) is 8.75. The van der Waals surface area contributed by atoms with Crippen LogP contribution in [0.4, 0.5) is 32.0 Å². The van der Waals surface area contributed by atoms with Crippen LogP contribution >= 0.6 is 0 Å². The maximum absolute atomic E-state index is 13.5. The smallest absolute Gasteiger partial charge is 0.323 e. The van der Waals surface area contributed by atoms with Gasteiger partial charge in [-0.25, -0.2) is 18.2 Å². The molecule has 1 aromatic carbocycles. The lowest BCUT2D eigenvalue weighted by molar-refractivity contribution is -0.140. The molecule has 0 spiro atoms. The third kappa shape index (κ3) is 2.16. The second kappa shape index (κ2) is 4.26. The molecular formula is C10H5F6N3. The molecule has 0 saturated carbocycles. The number of hydrogen-bond donors (Lipinski definition) is 2. The van der Waals surface area contributed by atoms with Crippen LogP contribution in [0.3, 0.4) is 0 Å². The highest BCUT2D eigenvalue weighted by Gasteiger charge is 2.34. The summed E-state index contributed by atoms with van der Waals surface area (Å²) < 4.78 is 77.5. The molecule has 0 amide bonds. The molecule has 0 aliphatic carbocycles. The third-order valence-corrected chi connectivity index (χ3v) is 2.37. The van der Waals surface area contributed by atoms with E-state index in [0.29, 0.717) is 6.07 Å². The number of nitrogens with one attached hydrogen (secondary N) is 1. The molecular weight excluding hydrogens is 276 g/mol. The van der Waals surface area contributed by atoms with E-state index in [1.807, 2.05) is 0 Å². The van der Waals surface area contributed by atoms with Crippen molar-refractivity contribution < 1.29 is 26.3 Å². The number of nitrogens with two attached hydrogens (primary N) is 1. The molecule has 102 valence electrons. The van der Waals surface area contributed by atoms with Gasteiger partial charge in [0.05, 0.1) is 11.1 Å². The molecule has 19 heavy (non-hydrogen) atoms. The quantitative estimate of drug-likeness (QED) is 0.366. The largest absolute Gasteiger partial charge is 0.433 e. The van der Waals surface area contributed by atoms with Crippen molar-refractivity contribution >= 4 is 16.6 Å². The van der Waals surface area contributed by atoms with E-state index >= 15 is 0 Å². The molecule has 2 rings (SSSR count). The molecule has 3 nitrogen and oxygen atoms in total. The lowest BCUT2D eigenvalue weighted by atomic mass is 10.1. The number of nitrogen functional groups attached to an aromatic ring is 1. The number of hydrogen-bond acceptors (Lipinski definition) is 3. The fourth-order valence-electron chi connectivity index (χ4n) is 1.56. The normalized spacial score (nSPS) is 11.9. The highest BCUT2D eigenvalue weighted by atomic mass is 19.4. The third-order valence-electron chi connectivity index (χ3n) is 2.37. The van der Waals surface area contributed by atoms with Gasteiger partial charge in [0, 0.05) is 6.07 Å². The van der Waals surface area contributed by atoms with Gasteiger partial charge in [-0.05, 0) is 6.07 Å². The van der Waals surface area contributed by atoms with Crippen LogP contribution in [0.5, 0.6) is 0 Å². The predicted molar refractivity (Wildman–Crippen MR) is 54.4 cm³/mol. The van der Waals surface area contributed by atoms with Gasteiger partial charge in [0.15, 0.2) is 17.5 Å². The minimum absolute atomic E-state index is 0.116. The highest BCUT2D eigenvalue weighted by Crippen LogP contribution is 2.35. The molecule has 1 aromatic heterocycles. The summed E-state index contributed by atoms with van der Waals surface area (Å²) in [6.45, 7) is 0. The van der Waals surface area contributed by atoms with Crippen LogP contribution in [0, 0.1) is 17.5 Å². The van der Waals surface area contributed by atoms with Crippen LogP contribution in [-0.4, -0.2) is 4.98 Å². The molecule has 0 aliphatic heterocycles. The number of halogens is 6. The Kier molecular flexibility index (Phi) is 3.01. The number of pyridine rings is 1. The Morgan fingerprint density at radius 3 is 2.21 bits per heavy atom. The molecule has 0 radical (unpaired) electrons. The van der Waals surface area contributed by atoms with Crippen LogP contribution in [0.2, 0.25) is 0 Å². The fourth-order valence-corrected chi connectivity index (χ4v) is 1.56. The van der Waals surface area contributed by atoms with Crippen molar-refractivity contribution in [1.29, 1.82) is 0 Å². The maximum atomic E-state index is 13.5. The zero-order chi connectivity index (χ0) is 14.4. The van der Waals surface area contributed by atoms with Crippen molar-refractivity contribution in [3.05, 3.63) is 35.3 Å². The van der Waals surface area contributed by atoms with Gasteiger partial charge in [-0.3, -0.25) is 5.84 Å². The van der Waals surface area contributed by atoms with E-state index in [0.717, 1.165) is 0 Å². The number of rotatable bonds is 1. The fraction of sp³-hybridized carbons (Fsp3) is 0.100. The molecule has 0 fully saturated rings. The summed E-state index contributed by atoms with van der Waals surface area (Å²) in [5.74, 6) is 0.431. The first kappa shape index (κ1) is 13.4. The van der Waals surface area contributed by atoms with Crippen molar-refractivity contribution in [1.82, 2.24) is 4.98 Å². The van der Waals surface area contributed by atoms with E-state index in [1.54, 1.807) is 5.43 Å². The monoisotopic (exact) mass is 281 g/mol. The average Bonchev–Trinajstić information content (AvgIpc) is 2.33. The zero-order valence-corrected chi connectivity index (χ0v) is 8.95. The summed E-state index contributed by atoms with van der Waals surface area (Å²) in [5.41, 5.74) is -1.28. The number of hydrazine groups is 1. The summed E-state index contributed by atoms with van der Waals surface area (Å²) in [6.07, 6.45) is -4.88. The van der Waals surface area contributed by atoms with Crippen LogP contribution in [0.15, 0.2) is 12.1 Å². The lowest BCUT2D eigenvalue weighted by Gasteiger charge is -2.12. The molecule has 0 bridgehead atoms. The average molecular weight is 281 g/mol. The van der Waals surface area contributed by atoms with E-state index in [9.17, 15) is 26.3 Å². The number of aromatic nitrogens is 1. The Labute approximate surface area is 102 Å². The van der Waals surface area contributed by atoms with Gasteiger partial charge in [0.2, 0.25) is 0 Å². The summed E-state index contributed by atoms with van der Waals surface area (Å²) in [5, 5.41) is -0.784. The number of fused-ring (bicyclic) bond motifs is 1. The molecule has 0 unspecified atom stereocenters. The van der Waals surface area contributed by atoms with Crippen LogP contribution in [0.1, 0.15) is 5.69 Å². The summed E-state index contributed by atoms with van der Waals surface area (Å²) in [7, 11) is 0. The molecule has 3 N–H and O–H groups in total. The van der Waals surface area contributed by atoms with E-state index in [4.69, 9.17) is 5.84 Å². The zero-order valence-electron chi connectivity index (χ0n) is 8.95. The van der Waals surface area contributed by atoms with E-state index in [1.165, 1.54) is 0 Å². The standard InChI is InChI=1S/C10H5F6N3/c11-3-1-4(12)9-7(8(3)13)5(19-17)2-6(18-9)10(14,15)16/h1-2H,17H2,(H,18,19). The van der Waals surface area contributed by atoms with E-state index in [-0.39, 0.29) is 6.07 Å². The topological polar surface area (TPSA) is 50.9 Å². The second-order valence-electron chi connectivity index (χ2n) is 3.57. The van der Waals surface area contributed by atoms with Crippen molar-refractivity contribution in [2.75, 3.05) is 5.43 Å². The molecule has 1 heterocycles. The van der Waals surface area contributed by atoms with Gasteiger partial charge in [-0.1, -0.05) is 0 Å². The minimum atomic E-state index is -4.88. The Hall–Kier alpha value is -2.03. The van der Waals surface area contributed by atoms with Crippen LogP contribution in [-0.2, 0) is 6.18 Å².